The van der Waals surface area contributed by atoms with Gasteiger partial charge in [-0.2, -0.15) is 8.75 Å². The SMILES string of the molecule is NC(=O)C(=O)C(Cc1cc[nH]c1)NC(=O)c1nsnc1-c1ccccc1. The molecule has 1 unspecified atom stereocenters. The van der Waals surface area contributed by atoms with Gasteiger partial charge >= 0.3 is 0 Å². The van der Waals surface area contributed by atoms with Crippen molar-refractivity contribution in [3.63, 3.8) is 0 Å². The molecule has 2 aromatic heterocycles. The molecule has 26 heavy (non-hydrogen) atoms. The van der Waals surface area contributed by atoms with Crippen LogP contribution in [0, 0.1) is 0 Å². The van der Waals surface area contributed by atoms with Crippen LogP contribution in [0.25, 0.3) is 11.3 Å². The van der Waals surface area contributed by atoms with Crippen molar-refractivity contribution < 1.29 is 14.4 Å². The van der Waals surface area contributed by atoms with E-state index in [1.54, 1.807) is 30.6 Å². The molecule has 0 aliphatic heterocycles. The first-order chi connectivity index (χ1) is 12.6. The molecule has 0 saturated carbocycles. The van der Waals surface area contributed by atoms with Gasteiger partial charge in [0.25, 0.3) is 11.8 Å². The summed E-state index contributed by atoms with van der Waals surface area (Å²) in [7, 11) is 0. The molecular weight excluding hydrogens is 354 g/mol. The van der Waals surface area contributed by atoms with Gasteiger partial charge in [-0.1, -0.05) is 30.3 Å². The molecule has 0 fully saturated rings. The number of carbonyl (C=O) groups excluding carboxylic acids is 3. The van der Waals surface area contributed by atoms with E-state index in [1.807, 2.05) is 18.2 Å². The topological polar surface area (TPSA) is 131 Å². The lowest BCUT2D eigenvalue weighted by atomic mass is 10.0. The van der Waals surface area contributed by atoms with Crippen molar-refractivity contribution in [2.45, 2.75) is 12.5 Å². The first-order valence-corrected chi connectivity index (χ1v) is 8.43. The van der Waals surface area contributed by atoms with Crippen LogP contribution >= 0.6 is 11.7 Å². The summed E-state index contributed by atoms with van der Waals surface area (Å²) in [5.41, 5.74) is 7.10. The number of carbonyl (C=O) groups is 3. The molecule has 4 N–H and O–H groups in total. The van der Waals surface area contributed by atoms with E-state index in [9.17, 15) is 14.4 Å². The summed E-state index contributed by atoms with van der Waals surface area (Å²) >= 11 is 0.894. The Morgan fingerprint density at radius 2 is 1.92 bits per heavy atom. The van der Waals surface area contributed by atoms with Gasteiger partial charge in [0.15, 0.2) is 5.69 Å². The summed E-state index contributed by atoms with van der Waals surface area (Å²) in [6, 6.07) is 9.76. The van der Waals surface area contributed by atoms with Gasteiger partial charge in [-0.25, -0.2) is 0 Å². The lowest BCUT2D eigenvalue weighted by Crippen LogP contribution is -2.47. The second-order valence-corrected chi connectivity index (χ2v) is 6.03. The lowest BCUT2D eigenvalue weighted by Gasteiger charge is -2.15. The highest BCUT2D eigenvalue weighted by Gasteiger charge is 2.28. The number of nitrogens with two attached hydrogens (primary N) is 1. The molecule has 3 aromatic rings. The van der Waals surface area contributed by atoms with Gasteiger partial charge in [0.05, 0.1) is 11.7 Å². The van der Waals surface area contributed by atoms with E-state index < -0.39 is 23.6 Å². The maximum Gasteiger partial charge on any atom is 0.287 e. The van der Waals surface area contributed by atoms with Gasteiger partial charge in [-0.05, 0) is 11.6 Å². The van der Waals surface area contributed by atoms with E-state index in [4.69, 9.17) is 5.73 Å². The van der Waals surface area contributed by atoms with Crippen molar-refractivity contribution in [1.82, 2.24) is 19.0 Å². The number of H-pyrrole nitrogens is 1. The Morgan fingerprint density at radius 1 is 1.15 bits per heavy atom. The minimum absolute atomic E-state index is 0.0949. The Balaban J connectivity index is 1.83. The largest absolute Gasteiger partial charge is 0.367 e. The fourth-order valence-corrected chi connectivity index (χ4v) is 3.02. The lowest BCUT2D eigenvalue weighted by molar-refractivity contribution is -0.137. The molecule has 2 heterocycles. The zero-order valence-corrected chi connectivity index (χ0v) is 14.3. The molecular formula is C17H15N5O3S. The highest BCUT2D eigenvalue weighted by atomic mass is 32.1. The normalized spacial score (nSPS) is 11.7. The summed E-state index contributed by atoms with van der Waals surface area (Å²) < 4.78 is 8.19. The predicted octanol–water partition coefficient (Wildman–Crippen LogP) is 0.929. The van der Waals surface area contributed by atoms with Crippen LogP contribution < -0.4 is 11.1 Å². The van der Waals surface area contributed by atoms with Crippen LogP contribution in [0.15, 0.2) is 48.8 Å². The van der Waals surface area contributed by atoms with Crippen LogP contribution in [0.4, 0.5) is 0 Å². The number of rotatable bonds is 7. The Morgan fingerprint density at radius 3 is 2.58 bits per heavy atom. The van der Waals surface area contributed by atoms with E-state index >= 15 is 0 Å². The Bertz CT molecular complexity index is 921. The highest BCUT2D eigenvalue weighted by molar-refractivity contribution is 6.99. The summed E-state index contributed by atoms with van der Waals surface area (Å²) in [4.78, 5) is 38.9. The van der Waals surface area contributed by atoms with E-state index in [0.29, 0.717) is 5.69 Å². The molecule has 0 saturated heterocycles. The van der Waals surface area contributed by atoms with Crippen molar-refractivity contribution in [2.24, 2.45) is 5.73 Å². The molecule has 1 atom stereocenters. The number of nitrogens with zero attached hydrogens (tertiary/aromatic N) is 2. The second kappa shape index (κ2) is 7.70. The predicted molar refractivity (Wildman–Crippen MR) is 95.3 cm³/mol. The number of hydrogen-bond acceptors (Lipinski definition) is 6. The third-order valence-electron chi connectivity index (χ3n) is 3.72. The van der Waals surface area contributed by atoms with Crippen molar-refractivity contribution >= 4 is 29.3 Å². The average molecular weight is 369 g/mol. The standard InChI is InChI=1S/C17H15N5O3S/c18-16(24)15(23)12(8-10-6-7-19-9-10)20-17(25)14-13(21-26-22-14)11-4-2-1-3-5-11/h1-7,9,12,19H,8H2,(H2,18,24)(H,20,25). The van der Waals surface area contributed by atoms with Crippen LogP contribution in [-0.4, -0.2) is 37.4 Å². The van der Waals surface area contributed by atoms with Crippen LogP contribution in [0.5, 0.6) is 0 Å². The maximum absolute atomic E-state index is 12.6. The smallest absolute Gasteiger partial charge is 0.287 e. The van der Waals surface area contributed by atoms with Crippen LogP contribution in [0.2, 0.25) is 0 Å². The molecule has 132 valence electrons. The van der Waals surface area contributed by atoms with Crippen molar-refractivity contribution in [3.05, 3.63) is 60.0 Å². The number of ketones is 1. The van der Waals surface area contributed by atoms with Gasteiger partial charge in [0.2, 0.25) is 5.78 Å². The first kappa shape index (κ1) is 17.5. The number of hydrogen-bond donors (Lipinski definition) is 3. The van der Waals surface area contributed by atoms with Gasteiger partial charge in [0, 0.05) is 24.4 Å². The first-order valence-electron chi connectivity index (χ1n) is 7.70. The van der Waals surface area contributed by atoms with Crippen molar-refractivity contribution in [3.8, 4) is 11.3 Å². The molecule has 2 amide bonds. The minimum atomic E-state index is -1.11. The van der Waals surface area contributed by atoms with Crippen molar-refractivity contribution in [1.29, 1.82) is 0 Å². The van der Waals surface area contributed by atoms with E-state index in [1.165, 1.54) is 0 Å². The Labute approximate surface area is 152 Å². The third-order valence-corrected chi connectivity index (χ3v) is 4.25. The Hall–Kier alpha value is -3.33. The van der Waals surface area contributed by atoms with Crippen LogP contribution in [0.3, 0.4) is 0 Å². The van der Waals surface area contributed by atoms with Crippen LogP contribution in [0.1, 0.15) is 16.1 Å². The molecule has 3 rings (SSSR count). The summed E-state index contributed by atoms with van der Waals surface area (Å²) in [5.74, 6) is -2.57. The molecule has 0 spiro atoms. The molecule has 0 aliphatic carbocycles. The number of Topliss-reactive ketones (excluding diaryl/α,β-unsaturated/α-hetero) is 1. The molecule has 9 heteroatoms. The zero-order valence-electron chi connectivity index (χ0n) is 13.5. The summed E-state index contributed by atoms with van der Waals surface area (Å²) in [5, 5.41) is 2.55. The molecule has 0 radical (unpaired) electrons. The third kappa shape index (κ3) is 3.83. The minimum Gasteiger partial charge on any atom is -0.367 e. The zero-order chi connectivity index (χ0) is 18.5. The molecule has 0 bridgehead atoms. The highest BCUT2D eigenvalue weighted by Crippen LogP contribution is 2.21. The number of aromatic nitrogens is 3. The van der Waals surface area contributed by atoms with E-state index in [-0.39, 0.29) is 12.1 Å². The van der Waals surface area contributed by atoms with E-state index in [0.717, 1.165) is 22.9 Å². The Kier molecular flexibility index (Phi) is 5.18. The van der Waals surface area contributed by atoms with Crippen LogP contribution in [-0.2, 0) is 16.0 Å². The maximum atomic E-state index is 12.6. The van der Waals surface area contributed by atoms with Gasteiger partial charge < -0.3 is 16.0 Å². The monoisotopic (exact) mass is 369 g/mol. The molecule has 1 aromatic carbocycles. The van der Waals surface area contributed by atoms with E-state index in [2.05, 4.69) is 19.0 Å². The van der Waals surface area contributed by atoms with Gasteiger partial charge in [0.1, 0.15) is 11.7 Å². The summed E-state index contributed by atoms with van der Waals surface area (Å²) in [6.07, 6.45) is 3.49. The van der Waals surface area contributed by atoms with Gasteiger partial charge in [-0.3, -0.25) is 14.4 Å². The quantitative estimate of drug-likeness (QED) is 0.533. The number of amides is 2. The second-order valence-electron chi connectivity index (χ2n) is 5.51. The number of primary amides is 1. The fraction of sp³-hybridized carbons (Fsp3) is 0.118. The summed E-state index contributed by atoms with van der Waals surface area (Å²) in [6.45, 7) is 0. The fourth-order valence-electron chi connectivity index (χ4n) is 2.45. The number of nitrogens with one attached hydrogen (secondary N) is 2. The molecule has 8 nitrogen and oxygen atoms in total. The number of aromatic amines is 1. The molecule has 0 aliphatic rings. The average Bonchev–Trinajstić information content (AvgIpc) is 3.32. The van der Waals surface area contributed by atoms with Gasteiger partial charge in [-0.15, -0.1) is 0 Å². The number of benzene rings is 1. The van der Waals surface area contributed by atoms with Crippen molar-refractivity contribution in [2.75, 3.05) is 0 Å².